The summed E-state index contributed by atoms with van der Waals surface area (Å²) < 4.78 is 0. The van der Waals surface area contributed by atoms with Gasteiger partial charge in [-0.3, -0.25) is 4.79 Å². The molecule has 7 heteroatoms. The fourth-order valence-electron chi connectivity index (χ4n) is 1.78. The Morgan fingerprint density at radius 1 is 1.32 bits per heavy atom. The smallest absolute Gasteiger partial charge is 0.273 e. The number of hydrogen-bond acceptors (Lipinski definition) is 6. The van der Waals surface area contributed by atoms with Crippen LogP contribution in [-0.2, 0) is 5.75 Å². The van der Waals surface area contributed by atoms with Gasteiger partial charge in [-0.25, -0.2) is 9.97 Å². The van der Waals surface area contributed by atoms with E-state index < -0.39 is 0 Å². The molecule has 0 aliphatic rings. The van der Waals surface area contributed by atoms with Crippen molar-refractivity contribution in [1.82, 2.24) is 15.3 Å². The van der Waals surface area contributed by atoms with Crippen molar-refractivity contribution in [2.75, 3.05) is 18.0 Å². The van der Waals surface area contributed by atoms with Gasteiger partial charge < -0.3 is 11.1 Å². The first-order valence-corrected chi connectivity index (χ1v) is 7.78. The van der Waals surface area contributed by atoms with Gasteiger partial charge >= 0.3 is 0 Å². The molecule has 2 aromatic rings. The highest BCUT2D eigenvalue weighted by Gasteiger charge is 2.10. The molecule has 0 radical (unpaired) electrons. The van der Waals surface area contributed by atoms with Gasteiger partial charge in [0.05, 0.1) is 11.6 Å². The second kappa shape index (κ2) is 8.00. The minimum atomic E-state index is -0.330. The Morgan fingerprint density at radius 2 is 2.09 bits per heavy atom. The normalized spacial score (nSPS) is 9.95. The van der Waals surface area contributed by atoms with Crippen LogP contribution in [0, 0.1) is 11.3 Å². The Kier molecular flexibility index (Phi) is 5.74. The van der Waals surface area contributed by atoms with Crippen LogP contribution in [0.2, 0.25) is 0 Å². The number of nitrogens with zero attached hydrogens (tertiary/aromatic N) is 3. The predicted molar refractivity (Wildman–Crippen MR) is 86.1 cm³/mol. The molecule has 0 atom stereocenters. The molecule has 1 heterocycles. The summed E-state index contributed by atoms with van der Waals surface area (Å²) >= 11 is 1.64. The van der Waals surface area contributed by atoms with E-state index in [-0.39, 0.29) is 17.4 Å². The molecule has 0 spiro atoms. The molecule has 6 nitrogen and oxygen atoms in total. The van der Waals surface area contributed by atoms with E-state index >= 15 is 0 Å². The molecule has 1 amide bonds. The molecular weight excluding hydrogens is 298 g/mol. The molecule has 0 aliphatic heterocycles. The number of benzene rings is 1. The van der Waals surface area contributed by atoms with Crippen LogP contribution in [0.5, 0.6) is 0 Å². The Labute approximate surface area is 132 Å². The largest absolute Gasteiger partial charge is 0.382 e. The summed E-state index contributed by atoms with van der Waals surface area (Å²) in [6.45, 7) is 0.494. The number of nitriles is 1. The molecule has 0 saturated carbocycles. The van der Waals surface area contributed by atoms with Gasteiger partial charge in [0, 0.05) is 30.4 Å². The lowest BCUT2D eigenvalue weighted by atomic mass is 10.1. The van der Waals surface area contributed by atoms with E-state index in [1.54, 1.807) is 17.8 Å². The number of nitrogens with one attached hydrogen (secondary N) is 1. The van der Waals surface area contributed by atoms with Crippen LogP contribution in [-0.4, -0.2) is 28.2 Å². The van der Waals surface area contributed by atoms with Crippen molar-refractivity contribution >= 4 is 23.5 Å². The fraction of sp³-hybridized carbons (Fsp3) is 0.200. The van der Waals surface area contributed by atoms with Crippen molar-refractivity contribution in [3.63, 3.8) is 0 Å². The average molecular weight is 313 g/mol. The second-order valence-corrected chi connectivity index (χ2v) is 5.47. The number of rotatable bonds is 6. The van der Waals surface area contributed by atoms with E-state index in [2.05, 4.69) is 21.4 Å². The fourth-order valence-corrected chi connectivity index (χ4v) is 2.64. The van der Waals surface area contributed by atoms with Crippen LogP contribution in [0.25, 0.3) is 0 Å². The Balaban J connectivity index is 1.75. The summed E-state index contributed by atoms with van der Waals surface area (Å²) in [5.74, 6) is 1.25. The van der Waals surface area contributed by atoms with Crippen LogP contribution in [0.1, 0.15) is 21.6 Å². The third-order valence-electron chi connectivity index (χ3n) is 2.87. The molecule has 0 bridgehead atoms. The quantitative estimate of drug-likeness (QED) is 0.785. The molecule has 0 saturated heterocycles. The van der Waals surface area contributed by atoms with E-state index in [1.807, 2.05) is 18.2 Å². The Morgan fingerprint density at radius 3 is 2.86 bits per heavy atom. The van der Waals surface area contributed by atoms with Gasteiger partial charge in [0.2, 0.25) is 0 Å². The molecule has 0 aliphatic carbocycles. The van der Waals surface area contributed by atoms with E-state index in [0.717, 1.165) is 17.1 Å². The van der Waals surface area contributed by atoms with Crippen molar-refractivity contribution in [1.29, 1.82) is 5.26 Å². The first-order chi connectivity index (χ1) is 10.7. The number of nitrogens with two attached hydrogens (primary N) is 1. The predicted octanol–water partition coefficient (Wildman–Crippen LogP) is 1.59. The summed E-state index contributed by atoms with van der Waals surface area (Å²) in [6.07, 6.45) is 2.87. The summed E-state index contributed by atoms with van der Waals surface area (Å²) in [5, 5.41) is 11.8. The maximum absolute atomic E-state index is 11.9. The first kappa shape index (κ1) is 15.8. The van der Waals surface area contributed by atoms with Crippen molar-refractivity contribution < 1.29 is 4.79 Å². The topological polar surface area (TPSA) is 105 Å². The number of nitrogen functional groups attached to an aromatic ring is 1. The number of hydrogen-bond donors (Lipinski definition) is 2. The highest BCUT2D eigenvalue weighted by molar-refractivity contribution is 7.98. The maximum Gasteiger partial charge on any atom is 0.273 e. The zero-order chi connectivity index (χ0) is 15.8. The van der Waals surface area contributed by atoms with E-state index in [4.69, 9.17) is 11.0 Å². The van der Waals surface area contributed by atoms with Crippen molar-refractivity contribution in [2.45, 2.75) is 5.75 Å². The number of aromatic nitrogens is 2. The molecular formula is C15H15N5OS. The monoisotopic (exact) mass is 313 g/mol. The molecule has 22 heavy (non-hydrogen) atoms. The van der Waals surface area contributed by atoms with Gasteiger partial charge in [-0.15, -0.1) is 0 Å². The third-order valence-corrected chi connectivity index (χ3v) is 3.88. The number of anilines is 1. The SMILES string of the molecule is N#Cc1ccccc1CSCCNC(=O)c1nccnc1N. The number of carbonyl (C=O) groups excluding carboxylic acids is 1. The van der Waals surface area contributed by atoms with Crippen LogP contribution in [0.4, 0.5) is 5.82 Å². The summed E-state index contributed by atoms with van der Waals surface area (Å²) in [6, 6.07) is 9.66. The molecule has 1 aromatic carbocycles. The van der Waals surface area contributed by atoms with Crippen molar-refractivity contribution in [3.8, 4) is 6.07 Å². The van der Waals surface area contributed by atoms with Gasteiger partial charge in [-0.1, -0.05) is 18.2 Å². The standard InChI is InChI=1S/C15H15N5OS/c16-9-11-3-1-2-4-12(11)10-22-8-7-20-15(21)13-14(17)19-6-5-18-13/h1-6H,7-8,10H2,(H2,17,19)(H,20,21). The van der Waals surface area contributed by atoms with Crippen molar-refractivity contribution in [3.05, 3.63) is 53.5 Å². The van der Waals surface area contributed by atoms with Crippen LogP contribution >= 0.6 is 11.8 Å². The van der Waals surface area contributed by atoms with E-state index in [0.29, 0.717) is 12.1 Å². The third kappa shape index (κ3) is 4.20. The second-order valence-electron chi connectivity index (χ2n) is 4.37. The van der Waals surface area contributed by atoms with Gasteiger partial charge in [0.25, 0.3) is 5.91 Å². The molecule has 2 rings (SSSR count). The zero-order valence-electron chi connectivity index (χ0n) is 11.8. The number of amides is 1. The maximum atomic E-state index is 11.9. The number of carbonyl (C=O) groups is 1. The minimum absolute atomic E-state index is 0.121. The average Bonchev–Trinajstić information content (AvgIpc) is 2.55. The lowest BCUT2D eigenvalue weighted by Gasteiger charge is -2.06. The minimum Gasteiger partial charge on any atom is -0.382 e. The highest BCUT2D eigenvalue weighted by Crippen LogP contribution is 2.15. The molecule has 0 unspecified atom stereocenters. The Bertz CT molecular complexity index is 698. The van der Waals surface area contributed by atoms with Gasteiger partial charge in [-0.2, -0.15) is 17.0 Å². The summed E-state index contributed by atoms with van der Waals surface area (Å²) in [5.41, 5.74) is 7.42. The van der Waals surface area contributed by atoms with Crippen LogP contribution in [0.3, 0.4) is 0 Å². The first-order valence-electron chi connectivity index (χ1n) is 6.63. The summed E-state index contributed by atoms with van der Waals surface area (Å²) in [7, 11) is 0. The lowest BCUT2D eigenvalue weighted by molar-refractivity contribution is 0.0952. The van der Waals surface area contributed by atoms with E-state index in [9.17, 15) is 4.79 Å². The molecule has 3 N–H and O–H groups in total. The summed E-state index contributed by atoms with van der Waals surface area (Å²) in [4.78, 5) is 19.6. The molecule has 0 fully saturated rings. The lowest BCUT2D eigenvalue weighted by Crippen LogP contribution is -2.27. The van der Waals surface area contributed by atoms with Gasteiger partial charge in [-0.05, 0) is 11.6 Å². The Hall–Kier alpha value is -2.59. The zero-order valence-corrected chi connectivity index (χ0v) is 12.6. The molecule has 1 aromatic heterocycles. The number of thioether (sulfide) groups is 1. The molecule has 112 valence electrons. The van der Waals surface area contributed by atoms with Crippen molar-refractivity contribution in [2.24, 2.45) is 0 Å². The van der Waals surface area contributed by atoms with Crippen LogP contribution < -0.4 is 11.1 Å². The van der Waals surface area contributed by atoms with Crippen LogP contribution in [0.15, 0.2) is 36.7 Å². The highest BCUT2D eigenvalue weighted by atomic mass is 32.2. The van der Waals surface area contributed by atoms with Gasteiger partial charge in [0.15, 0.2) is 11.5 Å². The van der Waals surface area contributed by atoms with E-state index in [1.165, 1.54) is 12.4 Å². The van der Waals surface area contributed by atoms with Gasteiger partial charge in [0.1, 0.15) is 0 Å².